The minimum absolute atomic E-state index is 0.230. The first-order valence-electron chi connectivity index (χ1n) is 7.19. The zero-order valence-electron chi connectivity index (χ0n) is 14.3. The molecule has 0 aromatic rings. The summed E-state index contributed by atoms with van der Waals surface area (Å²) < 4.78 is 20.9. The van der Waals surface area contributed by atoms with Crippen LogP contribution in [0.25, 0.3) is 0 Å². The fourth-order valence-electron chi connectivity index (χ4n) is 1.92. The van der Waals surface area contributed by atoms with Crippen LogP contribution in [0, 0.1) is 0 Å². The lowest BCUT2D eigenvalue weighted by Gasteiger charge is -2.30. The summed E-state index contributed by atoms with van der Waals surface area (Å²) in [5.74, 6) is -0.784. The number of carbonyl (C=O) groups is 2. The molecule has 0 unspecified atom stereocenters. The van der Waals surface area contributed by atoms with Gasteiger partial charge in [-0.05, 0) is 47.3 Å². The van der Waals surface area contributed by atoms with Crippen molar-refractivity contribution in [1.29, 1.82) is 0 Å². The summed E-state index contributed by atoms with van der Waals surface area (Å²) >= 11 is 0. The minimum atomic E-state index is -2.04. The Hall–Kier alpha value is -1.12. The van der Waals surface area contributed by atoms with E-state index in [1.54, 1.807) is 20.8 Å². The van der Waals surface area contributed by atoms with Gasteiger partial charge in [-0.1, -0.05) is 0 Å². The Balaban J connectivity index is 2.72. The Bertz CT molecular complexity index is 433. The lowest BCUT2D eigenvalue weighted by atomic mass is 9.99. The van der Waals surface area contributed by atoms with E-state index >= 15 is 0 Å². The molecule has 1 fully saturated rings. The van der Waals surface area contributed by atoms with E-state index in [1.807, 2.05) is 19.6 Å². The molecule has 22 heavy (non-hydrogen) atoms. The highest BCUT2D eigenvalue weighted by Gasteiger charge is 2.55. The van der Waals surface area contributed by atoms with Gasteiger partial charge in [-0.25, -0.2) is 9.59 Å². The van der Waals surface area contributed by atoms with Crippen LogP contribution in [-0.4, -0.2) is 55.6 Å². The molecule has 0 saturated carbocycles. The molecule has 1 rings (SSSR count). The summed E-state index contributed by atoms with van der Waals surface area (Å²) in [4.78, 5) is 23.3. The zero-order chi connectivity index (χ0) is 17.3. The van der Waals surface area contributed by atoms with Crippen molar-refractivity contribution < 1.29 is 33.3 Å². The van der Waals surface area contributed by atoms with E-state index in [9.17, 15) is 14.7 Å². The summed E-state index contributed by atoms with van der Waals surface area (Å²) in [7, 11) is -2.04. The van der Waals surface area contributed by atoms with E-state index < -0.39 is 43.9 Å². The molecule has 0 aromatic heterocycles. The van der Waals surface area contributed by atoms with E-state index in [1.165, 1.54) is 6.92 Å². The van der Waals surface area contributed by atoms with E-state index in [0.717, 1.165) is 0 Å². The van der Waals surface area contributed by atoms with Crippen molar-refractivity contribution in [3.8, 4) is 0 Å². The lowest BCUT2D eigenvalue weighted by molar-refractivity contribution is -0.155. The second kappa shape index (κ2) is 6.17. The third-order valence-corrected chi connectivity index (χ3v) is 3.76. The molecule has 1 aliphatic heterocycles. The minimum Gasteiger partial charge on any atom is -0.454 e. The molecule has 0 spiro atoms. The molecular weight excluding hydrogens is 308 g/mol. The Morgan fingerprint density at radius 3 is 2.36 bits per heavy atom. The number of aliphatic hydroxyl groups is 1. The molecule has 0 amide bonds. The van der Waals surface area contributed by atoms with Crippen molar-refractivity contribution >= 4 is 20.4 Å². The molecule has 0 bridgehead atoms. The predicted molar refractivity (Wildman–Crippen MR) is 80.9 cm³/mol. The third kappa shape index (κ3) is 5.26. The van der Waals surface area contributed by atoms with Gasteiger partial charge in [0.05, 0.1) is 0 Å². The maximum Gasteiger partial charge on any atom is 0.508 e. The Morgan fingerprint density at radius 2 is 1.91 bits per heavy atom. The molecular formula is C14H26O7Si. The smallest absolute Gasteiger partial charge is 0.454 e. The van der Waals surface area contributed by atoms with Gasteiger partial charge in [0.25, 0.3) is 0 Å². The van der Waals surface area contributed by atoms with Crippen molar-refractivity contribution in [2.45, 2.75) is 70.7 Å². The van der Waals surface area contributed by atoms with Gasteiger partial charge in [0.1, 0.15) is 18.3 Å². The molecule has 1 saturated heterocycles. The molecule has 7 nitrogen and oxygen atoms in total. The summed E-state index contributed by atoms with van der Waals surface area (Å²) in [6.07, 6.45) is -2.60. The molecule has 1 N–H and O–H groups in total. The van der Waals surface area contributed by atoms with E-state index in [-0.39, 0.29) is 6.61 Å². The summed E-state index contributed by atoms with van der Waals surface area (Å²) in [6.45, 7) is 12.0. The van der Waals surface area contributed by atoms with Gasteiger partial charge in [-0.15, -0.1) is 0 Å². The first-order chi connectivity index (χ1) is 9.72. The first kappa shape index (κ1) is 18.9. The number of hydrogen-bond donors (Lipinski definition) is 1. The van der Waals surface area contributed by atoms with Gasteiger partial charge < -0.3 is 23.7 Å². The van der Waals surface area contributed by atoms with E-state index in [4.69, 9.17) is 18.6 Å². The van der Waals surface area contributed by atoms with Crippen LogP contribution < -0.4 is 0 Å². The molecule has 1 aliphatic rings. The highest BCUT2D eigenvalue weighted by Crippen LogP contribution is 2.31. The predicted octanol–water partition coefficient (Wildman–Crippen LogP) is 1.83. The van der Waals surface area contributed by atoms with Gasteiger partial charge in [-0.3, -0.25) is 0 Å². The van der Waals surface area contributed by atoms with Crippen molar-refractivity contribution in [2.75, 3.05) is 6.61 Å². The third-order valence-electron chi connectivity index (χ3n) is 2.80. The molecule has 8 heteroatoms. The highest BCUT2D eigenvalue weighted by atomic mass is 28.4. The highest BCUT2D eigenvalue weighted by molar-refractivity contribution is 6.69. The molecule has 0 aliphatic carbocycles. The zero-order valence-corrected chi connectivity index (χ0v) is 15.3. The fraction of sp³-hybridized carbons (Fsp3) is 0.857. The van der Waals surface area contributed by atoms with Crippen molar-refractivity contribution in [3.05, 3.63) is 0 Å². The second-order valence-corrected chi connectivity index (χ2v) is 12.0. The summed E-state index contributed by atoms with van der Waals surface area (Å²) in [5, 5.41) is 10.3. The van der Waals surface area contributed by atoms with Crippen molar-refractivity contribution in [1.82, 2.24) is 0 Å². The Labute approximate surface area is 132 Å². The molecule has 1 heterocycles. The largest absolute Gasteiger partial charge is 0.508 e. The average molecular weight is 334 g/mol. The standard InChI is InChI=1S/C14H26O7Si/c1-13(2,3)20-12(16)18-8-9-10(21-22(5,6)7)14(4,17)11(15)19-9/h9-10,17H,8H2,1-7H3/t9-,10-,14+/m1/s1. The van der Waals surface area contributed by atoms with Crippen molar-refractivity contribution in [2.24, 2.45) is 0 Å². The van der Waals surface area contributed by atoms with Gasteiger partial charge in [0.2, 0.25) is 0 Å². The molecule has 128 valence electrons. The van der Waals surface area contributed by atoms with Crippen LogP contribution in [0.5, 0.6) is 0 Å². The number of ether oxygens (including phenoxy) is 3. The van der Waals surface area contributed by atoms with Gasteiger partial charge in [-0.2, -0.15) is 0 Å². The number of rotatable bonds is 4. The van der Waals surface area contributed by atoms with Crippen LogP contribution in [0.3, 0.4) is 0 Å². The SMILES string of the molecule is CC(C)(C)OC(=O)OC[C@H]1OC(=O)[C@@](C)(O)[C@@H]1O[Si](C)(C)C. The van der Waals surface area contributed by atoms with Gasteiger partial charge in [0, 0.05) is 0 Å². The maximum atomic E-state index is 11.8. The molecule has 0 radical (unpaired) electrons. The number of hydrogen-bond acceptors (Lipinski definition) is 7. The van der Waals surface area contributed by atoms with Gasteiger partial charge in [0.15, 0.2) is 20.0 Å². The average Bonchev–Trinajstić information content (AvgIpc) is 2.46. The first-order valence-corrected chi connectivity index (χ1v) is 10.6. The summed E-state index contributed by atoms with van der Waals surface area (Å²) in [5.41, 5.74) is -2.44. The monoisotopic (exact) mass is 334 g/mol. The topological polar surface area (TPSA) is 91.3 Å². The van der Waals surface area contributed by atoms with Crippen LogP contribution in [-0.2, 0) is 23.4 Å². The number of carbonyl (C=O) groups excluding carboxylic acids is 2. The van der Waals surface area contributed by atoms with Crippen LogP contribution in [0.2, 0.25) is 19.6 Å². The number of cyclic esters (lactones) is 1. The van der Waals surface area contributed by atoms with Crippen molar-refractivity contribution in [3.63, 3.8) is 0 Å². The quantitative estimate of drug-likeness (QED) is 0.619. The Morgan fingerprint density at radius 1 is 1.36 bits per heavy atom. The van der Waals surface area contributed by atoms with Crippen LogP contribution >= 0.6 is 0 Å². The Kier molecular flexibility index (Phi) is 5.31. The molecule has 3 atom stereocenters. The van der Waals surface area contributed by atoms with Crippen LogP contribution in [0.15, 0.2) is 0 Å². The summed E-state index contributed by atoms with van der Waals surface area (Å²) in [6, 6.07) is 0. The fourth-order valence-corrected chi connectivity index (χ4v) is 3.06. The maximum absolute atomic E-state index is 11.8. The lowest BCUT2D eigenvalue weighted by Crippen LogP contribution is -2.50. The second-order valence-electron chi connectivity index (χ2n) is 7.52. The van der Waals surface area contributed by atoms with Crippen LogP contribution in [0.1, 0.15) is 27.7 Å². The van der Waals surface area contributed by atoms with E-state index in [2.05, 4.69) is 0 Å². The number of esters is 1. The van der Waals surface area contributed by atoms with Crippen LogP contribution in [0.4, 0.5) is 4.79 Å². The van der Waals surface area contributed by atoms with E-state index in [0.29, 0.717) is 0 Å². The normalized spacial score (nSPS) is 29.2. The molecule has 0 aromatic carbocycles. The van der Waals surface area contributed by atoms with Gasteiger partial charge >= 0.3 is 12.1 Å².